The van der Waals surface area contributed by atoms with Crippen LogP contribution in [0.1, 0.15) is 37.7 Å². The van der Waals surface area contributed by atoms with E-state index in [0.717, 1.165) is 23.4 Å². The number of nitrogens with one attached hydrogen (secondary N) is 1. The molecule has 0 saturated carbocycles. The molecule has 1 unspecified atom stereocenters. The number of rotatable bonds is 5. The van der Waals surface area contributed by atoms with Crippen molar-refractivity contribution >= 4 is 40.5 Å². The predicted octanol–water partition coefficient (Wildman–Crippen LogP) is 4.51. The number of alkyl halides is 1. The molecular formula is C24H21ClN4O2. The Hall–Kier alpha value is -3.38. The van der Waals surface area contributed by atoms with Gasteiger partial charge in [0.25, 0.3) is 0 Å². The zero-order chi connectivity index (χ0) is 22.0. The number of fused-ring (bicyclic) bond motifs is 1. The van der Waals surface area contributed by atoms with Gasteiger partial charge in [0, 0.05) is 29.1 Å². The highest BCUT2D eigenvalue weighted by molar-refractivity contribution is 6.65. The monoisotopic (exact) mass is 432 g/mol. The number of anilines is 1. The van der Waals surface area contributed by atoms with Crippen LogP contribution in [0.3, 0.4) is 0 Å². The Labute approximate surface area is 185 Å². The summed E-state index contributed by atoms with van der Waals surface area (Å²) in [5.41, 5.74) is 4.28. The summed E-state index contributed by atoms with van der Waals surface area (Å²) in [6.07, 6.45) is 0.774. The number of carbonyl (C=O) groups excluding carboxylic acids is 2. The molecule has 3 aromatic rings. The summed E-state index contributed by atoms with van der Waals surface area (Å²) < 4.78 is 0. The summed E-state index contributed by atoms with van der Waals surface area (Å²) in [5, 5.41) is 2.15. The maximum Gasteiger partial charge on any atom is 0.223 e. The van der Waals surface area contributed by atoms with E-state index in [2.05, 4.69) is 20.3 Å². The molecule has 1 atom stereocenters. The summed E-state index contributed by atoms with van der Waals surface area (Å²) in [6, 6.07) is 16.1. The largest absolute Gasteiger partial charge is 0.354 e. The van der Waals surface area contributed by atoms with Crippen molar-refractivity contribution in [3.63, 3.8) is 0 Å². The van der Waals surface area contributed by atoms with E-state index in [1.54, 1.807) is 24.3 Å². The molecule has 0 radical (unpaired) electrons. The molecule has 1 aliphatic carbocycles. The Morgan fingerprint density at radius 3 is 2.29 bits per heavy atom. The number of ketones is 2. The predicted molar refractivity (Wildman–Crippen MR) is 122 cm³/mol. The van der Waals surface area contributed by atoms with Crippen molar-refractivity contribution in [2.45, 2.75) is 25.6 Å². The number of Topliss-reactive ketones (excluding diaryl/α,β-unsaturated/α-hetero) is 2. The maximum absolute atomic E-state index is 12.8. The summed E-state index contributed by atoms with van der Waals surface area (Å²) in [6.45, 7) is 4.56. The van der Waals surface area contributed by atoms with Crippen molar-refractivity contribution in [2.75, 3.05) is 11.9 Å². The van der Waals surface area contributed by atoms with Gasteiger partial charge in [-0.15, -0.1) is 11.6 Å². The smallest absolute Gasteiger partial charge is 0.223 e. The van der Waals surface area contributed by atoms with E-state index < -0.39 is 5.38 Å². The molecule has 0 spiro atoms. The second-order valence-corrected chi connectivity index (χ2v) is 7.85. The van der Waals surface area contributed by atoms with E-state index in [0.29, 0.717) is 29.3 Å². The van der Waals surface area contributed by atoms with Crippen LogP contribution < -0.4 is 5.32 Å². The summed E-state index contributed by atoms with van der Waals surface area (Å²) in [7, 11) is 0. The van der Waals surface area contributed by atoms with Gasteiger partial charge in [-0.05, 0) is 44.0 Å². The second kappa shape index (κ2) is 8.78. The van der Waals surface area contributed by atoms with Crippen molar-refractivity contribution in [3.8, 4) is 0 Å². The van der Waals surface area contributed by atoms with Gasteiger partial charge in [0.1, 0.15) is 11.1 Å². The molecule has 7 heteroatoms. The van der Waals surface area contributed by atoms with Crippen molar-refractivity contribution in [3.05, 3.63) is 82.7 Å². The van der Waals surface area contributed by atoms with E-state index in [4.69, 9.17) is 11.6 Å². The molecule has 1 aliphatic rings. The Balaban J connectivity index is 1.45. The van der Waals surface area contributed by atoms with E-state index in [-0.39, 0.29) is 17.3 Å². The van der Waals surface area contributed by atoms with Crippen molar-refractivity contribution < 1.29 is 9.59 Å². The fourth-order valence-electron chi connectivity index (χ4n) is 3.52. The third-order valence-electron chi connectivity index (χ3n) is 5.01. The highest BCUT2D eigenvalue weighted by Crippen LogP contribution is 2.26. The minimum Gasteiger partial charge on any atom is -0.354 e. The van der Waals surface area contributed by atoms with Gasteiger partial charge < -0.3 is 5.32 Å². The highest BCUT2D eigenvalue weighted by Gasteiger charge is 2.37. The van der Waals surface area contributed by atoms with Gasteiger partial charge >= 0.3 is 0 Å². The Kier molecular flexibility index (Phi) is 5.91. The van der Waals surface area contributed by atoms with Crippen LogP contribution in [0.15, 0.2) is 59.6 Å². The van der Waals surface area contributed by atoms with E-state index in [1.807, 2.05) is 44.2 Å². The number of nitrogens with zero attached hydrogens (tertiary/aromatic N) is 3. The van der Waals surface area contributed by atoms with Gasteiger partial charge in [0.2, 0.25) is 11.7 Å². The summed E-state index contributed by atoms with van der Waals surface area (Å²) in [5.74, 6) is 0.0123. The third-order valence-corrected chi connectivity index (χ3v) is 5.41. The van der Waals surface area contributed by atoms with Crippen LogP contribution in [-0.4, -0.2) is 39.2 Å². The summed E-state index contributed by atoms with van der Waals surface area (Å²) in [4.78, 5) is 38.4. The average molecular weight is 433 g/mol. The molecule has 6 nitrogen and oxygen atoms in total. The lowest BCUT2D eigenvalue weighted by molar-refractivity contribution is 0.0968. The first kappa shape index (κ1) is 20.9. The zero-order valence-electron chi connectivity index (χ0n) is 17.2. The quantitative estimate of drug-likeness (QED) is 0.600. The number of hydrogen-bond acceptors (Lipinski definition) is 6. The fourth-order valence-corrected chi connectivity index (χ4v) is 3.78. The standard InChI is InChI=1S/C24H21ClN4O2/c1-14-13-15(2)28-24(27-14)26-12-11-16-7-9-17(10-8-16)29-21-20(25)22(30)18-5-3-4-6-19(18)23(21)31/h3-10,13,20H,11-12H2,1-2H3,(H,26,27,28). The first-order valence-electron chi connectivity index (χ1n) is 9.98. The van der Waals surface area contributed by atoms with Crippen molar-refractivity contribution in [1.29, 1.82) is 0 Å². The van der Waals surface area contributed by atoms with Crippen molar-refractivity contribution in [1.82, 2.24) is 9.97 Å². The number of aliphatic imine (C=N–C) groups is 1. The molecule has 4 rings (SSSR count). The van der Waals surface area contributed by atoms with Crippen LogP contribution in [0.25, 0.3) is 0 Å². The van der Waals surface area contributed by atoms with Crippen LogP contribution in [-0.2, 0) is 6.42 Å². The summed E-state index contributed by atoms with van der Waals surface area (Å²) >= 11 is 6.26. The van der Waals surface area contributed by atoms with Crippen LogP contribution >= 0.6 is 11.6 Å². The SMILES string of the molecule is Cc1cc(C)nc(NCCc2ccc(N=C3C(=O)c4ccccc4C(=O)C3Cl)cc2)n1. The molecule has 1 aromatic heterocycles. The number of halogens is 1. The molecule has 0 aliphatic heterocycles. The molecular weight excluding hydrogens is 412 g/mol. The molecule has 1 N–H and O–H groups in total. The molecule has 0 saturated heterocycles. The van der Waals surface area contributed by atoms with Crippen LogP contribution in [0.4, 0.5) is 11.6 Å². The molecule has 0 fully saturated rings. The topological polar surface area (TPSA) is 84.3 Å². The van der Waals surface area contributed by atoms with E-state index in [9.17, 15) is 9.59 Å². The molecule has 2 aromatic carbocycles. The molecule has 0 bridgehead atoms. The van der Waals surface area contributed by atoms with Crippen LogP contribution in [0.2, 0.25) is 0 Å². The molecule has 31 heavy (non-hydrogen) atoms. The minimum absolute atomic E-state index is 0.0618. The first-order chi connectivity index (χ1) is 14.9. The van der Waals surface area contributed by atoms with Gasteiger partial charge in [0.05, 0.1) is 5.69 Å². The normalized spacial score (nSPS) is 17.0. The zero-order valence-corrected chi connectivity index (χ0v) is 18.0. The fraction of sp³-hybridized carbons (Fsp3) is 0.208. The average Bonchev–Trinajstić information content (AvgIpc) is 2.75. The Bertz CT molecular complexity index is 1170. The Morgan fingerprint density at radius 2 is 1.61 bits per heavy atom. The number of hydrogen-bond donors (Lipinski definition) is 1. The lowest BCUT2D eigenvalue weighted by atomic mass is 9.88. The molecule has 1 heterocycles. The second-order valence-electron chi connectivity index (χ2n) is 7.42. The Morgan fingerprint density at radius 1 is 0.968 bits per heavy atom. The number of carbonyl (C=O) groups is 2. The van der Waals surface area contributed by atoms with E-state index in [1.165, 1.54) is 0 Å². The maximum atomic E-state index is 12.8. The van der Waals surface area contributed by atoms with E-state index >= 15 is 0 Å². The molecule has 0 amide bonds. The molecule has 156 valence electrons. The lowest BCUT2D eigenvalue weighted by Crippen LogP contribution is -2.37. The highest BCUT2D eigenvalue weighted by atomic mass is 35.5. The van der Waals surface area contributed by atoms with Crippen LogP contribution in [0.5, 0.6) is 0 Å². The minimum atomic E-state index is -1.08. The lowest BCUT2D eigenvalue weighted by Gasteiger charge is -2.19. The third kappa shape index (κ3) is 4.54. The number of aryl methyl sites for hydroxylation is 2. The van der Waals surface area contributed by atoms with Gasteiger partial charge in [-0.2, -0.15) is 0 Å². The van der Waals surface area contributed by atoms with Crippen molar-refractivity contribution in [2.24, 2.45) is 4.99 Å². The number of aromatic nitrogens is 2. The van der Waals surface area contributed by atoms with Crippen LogP contribution in [0, 0.1) is 13.8 Å². The van der Waals surface area contributed by atoms with Gasteiger partial charge in [0.15, 0.2) is 5.78 Å². The number of benzene rings is 2. The first-order valence-corrected chi connectivity index (χ1v) is 10.4. The van der Waals surface area contributed by atoms with Gasteiger partial charge in [-0.1, -0.05) is 36.4 Å². The van der Waals surface area contributed by atoms with Gasteiger partial charge in [-0.25, -0.2) is 15.0 Å². The van der Waals surface area contributed by atoms with Gasteiger partial charge in [-0.3, -0.25) is 9.59 Å².